The molecule has 1 N–H and O–H groups in total. The van der Waals surface area contributed by atoms with Crippen LogP contribution < -0.4 is 5.32 Å². The van der Waals surface area contributed by atoms with Crippen LogP contribution in [-0.2, 0) is 9.47 Å². The SMILES string of the molecule is CCSCCCNCCCOCC1CCCO1. The fourth-order valence-corrected chi connectivity index (χ4v) is 2.50. The van der Waals surface area contributed by atoms with Crippen LogP contribution in [-0.4, -0.2) is 50.5 Å². The second-order valence-corrected chi connectivity index (χ2v) is 5.76. The molecule has 1 fully saturated rings. The van der Waals surface area contributed by atoms with Gasteiger partial charge in [-0.3, -0.25) is 0 Å². The van der Waals surface area contributed by atoms with E-state index in [0.29, 0.717) is 6.10 Å². The van der Waals surface area contributed by atoms with E-state index in [2.05, 4.69) is 12.2 Å². The van der Waals surface area contributed by atoms with Crippen molar-refractivity contribution in [3.05, 3.63) is 0 Å². The first kappa shape index (κ1) is 15.3. The van der Waals surface area contributed by atoms with Gasteiger partial charge in [0.05, 0.1) is 12.7 Å². The molecule has 0 aromatic heterocycles. The van der Waals surface area contributed by atoms with Crippen LogP contribution in [0.4, 0.5) is 0 Å². The summed E-state index contributed by atoms with van der Waals surface area (Å²) in [4.78, 5) is 0. The lowest BCUT2D eigenvalue weighted by molar-refractivity contribution is 0.0166. The van der Waals surface area contributed by atoms with Gasteiger partial charge in [-0.15, -0.1) is 0 Å². The van der Waals surface area contributed by atoms with Crippen molar-refractivity contribution in [2.24, 2.45) is 0 Å². The van der Waals surface area contributed by atoms with Gasteiger partial charge in [0.1, 0.15) is 0 Å². The van der Waals surface area contributed by atoms with Crippen molar-refractivity contribution in [1.29, 1.82) is 0 Å². The van der Waals surface area contributed by atoms with Gasteiger partial charge in [-0.2, -0.15) is 11.8 Å². The quantitative estimate of drug-likeness (QED) is 0.578. The van der Waals surface area contributed by atoms with Crippen LogP contribution in [0.1, 0.15) is 32.6 Å². The summed E-state index contributed by atoms with van der Waals surface area (Å²) in [7, 11) is 0. The van der Waals surface area contributed by atoms with Crippen molar-refractivity contribution in [2.75, 3.05) is 44.4 Å². The van der Waals surface area contributed by atoms with Gasteiger partial charge < -0.3 is 14.8 Å². The lowest BCUT2D eigenvalue weighted by atomic mass is 10.2. The Morgan fingerprint density at radius 2 is 2.24 bits per heavy atom. The Hall–Kier alpha value is 0.230. The van der Waals surface area contributed by atoms with Crippen molar-refractivity contribution in [1.82, 2.24) is 5.32 Å². The van der Waals surface area contributed by atoms with E-state index in [1.54, 1.807) is 0 Å². The molecule has 1 aliphatic rings. The Balaban J connectivity index is 1.69. The van der Waals surface area contributed by atoms with Crippen molar-refractivity contribution in [3.63, 3.8) is 0 Å². The molecule has 0 saturated carbocycles. The Morgan fingerprint density at radius 3 is 3.00 bits per heavy atom. The highest BCUT2D eigenvalue weighted by Crippen LogP contribution is 2.11. The first-order valence-corrected chi connectivity index (χ1v) is 8.06. The van der Waals surface area contributed by atoms with Crippen molar-refractivity contribution in [3.8, 4) is 0 Å². The molecular formula is C13H27NO2S. The van der Waals surface area contributed by atoms with E-state index >= 15 is 0 Å². The molecule has 0 aliphatic carbocycles. The zero-order valence-electron chi connectivity index (χ0n) is 11.1. The summed E-state index contributed by atoms with van der Waals surface area (Å²) in [6.45, 7) is 6.99. The normalized spacial score (nSPS) is 19.9. The van der Waals surface area contributed by atoms with E-state index in [1.807, 2.05) is 11.8 Å². The summed E-state index contributed by atoms with van der Waals surface area (Å²) in [6, 6.07) is 0. The highest BCUT2D eigenvalue weighted by molar-refractivity contribution is 7.99. The number of rotatable bonds is 11. The van der Waals surface area contributed by atoms with Crippen LogP contribution in [0, 0.1) is 0 Å². The van der Waals surface area contributed by atoms with Crippen LogP contribution in [0.3, 0.4) is 0 Å². The molecule has 4 heteroatoms. The summed E-state index contributed by atoms with van der Waals surface area (Å²) in [6.07, 6.45) is 5.12. The van der Waals surface area contributed by atoms with E-state index in [9.17, 15) is 0 Å². The van der Waals surface area contributed by atoms with Gasteiger partial charge in [0.15, 0.2) is 0 Å². The molecule has 0 spiro atoms. The number of ether oxygens (including phenoxy) is 2. The van der Waals surface area contributed by atoms with Crippen LogP contribution >= 0.6 is 11.8 Å². The maximum absolute atomic E-state index is 5.59. The topological polar surface area (TPSA) is 30.5 Å². The third kappa shape index (κ3) is 8.89. The van der Waals surface area contributed by atoms with Gasteiger partial charge in [0.25, 0.3) is 0 Å². The zero-order valence-corrected chi connectivity index (χ0v) is 11.9. The van der Waals surface area contributed by atoms with Gasteiger partial charge in [0, 0.05) is 13.2 Å². The molecule has 0 bridgehead atoms. The van der Waals surface area contributed by atoms with E-state index in [4.69, 9.17) is 9.47 Å². The standard InChI is InChI=1S/C13H27NO2S/c1-2-17-11-5-8-14-7-4-9-15-12-13-6-3-10-16-13/h13-14H,2-12H2,1H3. The molecule has 3 nitrogen and oxygen atoms in total. The Bertz CT molecular complexity index is 163. The van der Waals surface area contributed by atoms with E-state index in [0.717, 1.165) is 39.3 Å². The summed E-state index contributed by atoms with van der Waals surface area (Å²) >= 11 is 2.02. The molecular weight excluding hydrogens is 234 g/mol. The number of hydrogen-bond acceptors (Lipinski definition) is 4. The van der Waals surface area contributed by atoms with Gasteiger partial charge in [-0.1, -0.05) is 6.92 Å². The molecule has 1 rings (SSSR count). The van der Waals surface area contributed by atoms with Gasteiger partial charge in [-0.05, 0) is 50.3 Å². The van der Waals surface area contributed by atoms with Crippen LogP contribution in [0.5, 0.6) is 0 Å². The summed E-state index contributed by atoms with van der Waals surface area (Å²) in [5.74, 6) is 2.51. The molecule has 0 radical (unpaired) electrons. The van der Waals surface area contributed by atoms with Gasteiger partial charge >= 0.3 is 0 Å². The monoisotopic (exact) mass is 261 g/mol. The highest BCUT2D eigenvalue weighted by Gasteiger charge is 2.14. The van der Waals surface area contributed by atoms with E-state index in [1.165, 1.54) is 30.8 Å². The first-order valence-electron chi connectivity index (χ1n) is 6.91. The highest BCUT2D eigenvalue weighted by atomic mass is 32.2. The molecule has 0 amide bonds. The average molecular weight is 261 g/mol. The molecule has 1 unspecified atom stereocenters. The third-order valence-electron chi connectivity index (χ3n) is 2.82. The minimum atomic E-state index is 0.369. The maximum atomic E-state index is 5.59. The summed E-state index contributed by atoms with van der Waals surface area (Å²) in [5.41, 5.74) is 0. The van der Waals surface area contributed by atoms with Crippen molar-refractivity contribution >= 4 is 11.8 Å². The molecule has 0 aromatic carbocycles. The van der Waals surface area contributed by atoms with Crippen molar-refractivity contribution in [2.45, 2.75) is 38.7 Å². The van der Waals surface area contributed by atoms with Crippen LogP contribution in [0.2, 0.25) is 0 Å². The molecule has 1 aliphatic heterocycles. The predicted octanol–water partition coefficient (Wildman–Crippen LogP) is 2.30. The summed E-state index contributed by atoms with van der Waals surface area (Å²) < 4.78 is 11.1. The first-order chi connectivity index (χ1) is 8.43. The van der Waals surface area contributed by atoms with Gasteiger partial charge in [0.2, 0.25) is 0 Å². The molecule has 1 saturated heterocycles. The fraction of sp³-hybridized carbons (Fsp3) is 1.00. The fourth-order valence-electron chi connectivity index (χ4n) is 1.86. The number of hydrogen-bond donors (Lipinski definition) is 1. The zero-order chi connectivity index (χ0) is 12.2. The lowest BCUT2D eigenvalue weighted by Crippen LogP contribution is -2.20. The average Bonchev–Trinajstić information content (AvgIpc) is 2.85. The second-order valence-electron chi connectivity index (χ2n) is 4.36. The maximum Gasteiger partial charge on any atom is 0.0809 e. The predicted molar refractivity (Wildman–Crippen MR) is 74.9 cm³/mol. The Kier molecular flexibility index (Phi) is 10.2. The van der Waals surface area contributed by atoms with E-state index in [-0.39, 0.29) is 0 Å². The van der Waals surface area contributed by atoms with Crippen LogP contribution in [0.15, 0.2) is 0 Å². The Labute approximate surface area is 110 Å². The molecule has 1 heterocycles. The van der Waals surface area contributed by atoms with E-state index < -0.39 is 0 Å². The second kappa shape index (κ2) is 11.3. The van der Waals surface area contributed by atoms with Crippen LogP contribution in [0.25, 0.3) is 0 Å². The minimum absolute atomic E-state index is 0.369. The number of nitrogens with one attached hydrogen (secondary N) is 1. The molecule has 1 atom stereocenters. The minimum Gasteiger partial charge on any atom is -0.379 e. The third-order valence-corrected chi connectivity index (χ3v) is 3.80. The van der Waals surface area contributed by atoms with Gasteiger partial charge in [-0.25, -0.2) is 0 Å². The smallest absolute Gasteiger partial charge is 0.0809 e. The lowest BCUT2D eigenvalue weighted by Gasteiger charge is -2.10. The summed E-state index contributed by atoms with van der Waals surface area (Å²) in [5, 5.41) is 3.45. The number of thioether (sulfide) groups is 1. The Morgan fingerprint density at radius 1 is 1.35 bits per heavy atom. The largest absolute Gasteiger partial charge is 0.379 e. The molecule has 17 heavy (non-hydrogen) atoms. The molecule has 102 valence electrons. The van der Waals surface area contributed by atoms with Crippen molar-refractivity contribution < 1.29 is 9.47 Å². The molecule has 0 aromatic rings.